The minimum atomic E-state index is -0.213. The van der Waals surface area contributed by atoms with E-state index < -0.39 is 0 Å². The van der Waals surface area contributed by atoms with Gasteiger partial charge in [-0.1, -0.05) is 23.4 Å². The number of halogens is 2. The SMILES string of the molecule is Fc1ccc(Sc2ccc(Cl)cc2)cc1. The molecule has 0 amide bonds. The second-order valence-electron chi connectivity index (χ2n) is 3.01. The normalized spacial score (nSPS) is 10.3. The van der Waals surface area contributed by atoms with Crippen LogP contribution in [0.3, 0.4) is 0 Å². The molecule has 0 saturated carbocycles. The zero-order chi connectivity index (χ0) is 10.7. The molecule has 0 heterocycles. The predicted molar refractivity (Wildman–Crippen MR) is 62.0 cm³/mol. The highest BCUT2D eigenvalue weighted by molar-refractivity contribution is 7.99. The summed E-state index contributed by atoms with van der Waals surface area (Å²) in [4.78, 5) is 2.10. The molecule has 0 aliphatic carbocycles. The van der Waals surface area contributed by atoms with Crippen LogP contribution in [0.2, 0.25) is 5.02 Å². The third-order valence-electron chi connectivity index (χ3n) is 1.86. The summed E-state index contributed by atoms with van der Waals surface area (Å²) in [6, 6.07) is 14.0. The maximum Gasteiger partial charge on any atom is 0.123 e. The van der Waals surface area contributed by atoms with Crippen molar-refractivity contribution in [3.63, 3.8) is 0 Å². The molecule has 2 aromatic rings. The first kappa shape index (κ1) is 10.5. The van der Waals surface area contributed by atoms with E-state index in [1.165, 1.54) is 12.1 Å². The number of hydrogen-bond acceptors (Lipinski definition) is 1. The molecular weight excluding hydrogens is 231 g/mol. The Labute approximate surface area is 97.1 Å². The van der Waals surface area contributed by atoms with Crippen LogP contribution in [0.5, 0.6) is 0 Å². The molecule has 76 valence electrons. The second kappa shape index (κ2) is 4.69. The van der Waals surface area contributed by atoms with Crippen LogP contribution in [-0.4, -0.2) is 0 Å². The van der Waals surface area contributed by atoms with Gasteiger partial charge in [0, 0.05) is 14.8 Å². The summed E-state index contributed by atoms with van der Waals surface area (Å²) in [5.74, 6) is -0.213. The molecule has 2 aromatic carbocycles. The molecule has 0 aromatic heterocycles. The van der Waals surface area contributed by atoms with E-state index >= 15 is 0 Å². The average molecular weight is 239 g/mol. The van der Waals surface area contributed by atoms with E-state index in [4.69, 9.17) is 11.6 Å². The lowest BCUT2D eigenvalue weighted by molar-refractivity contribution is 0.626. The second-order valence-corrected chi connectivity index (χ2v) is 4.59. The Bertz CT molecular complexity index is 393. The van der Waals surface area contributed by atoms with E-state index in [1.54, 1.807) is 23.9 Å². The lowest BCUT2D eigenvalue weighted by atomic mass is 10.3. The fraction of sp³-hybridized carbons (Fsp3) is 0. The molecule has 0 saturated heterocycles. The van der Waals surface area contributed by atoms with Crippen molar-refractivity contribution in [1.82, 2.24) is 0 Å². The Morgan fingerprint density at radius 1 is 0.800 bits per heavy atom. The van der Waals surface area contributed by atoms with Gasteiger partial charge in [0.25, 0.3) is 0 Å². The van der Waals surface area contributed by atoms with Crippen LogP contribution in [0.4, 0.5) is 4.39 Å². The van der Waals surface area contributed by atoms with Gasteiger partial charge in [-0.25, -0.2) is 4.39 Å². The van der Waals surface area contributed by atoms with E-state index in [1.807, 2.05) is 24.3 Å². The lowest BCUT2D eigenvalue weighted by Crippen LogP contribution is -1.75. The minimum absolute atomic E-state index is 0.213. The summed E-state index contributed by atoms with van der Waals surface area (Å²) < 4.78 is 12.7. The fourth-order valence-corrected chi connectivity index (χ4v) is 2.08. The maximum atomic E-state index is 12.7. The summed E-state index contributed by atoms with van der Waals surface area (Å²) in [6.45, 7) is 0. The summed E-state index contributed by atoms with van der Waals surface area (Å²) in [5.41, 5.74) is 0. The van der Waals surface area contributed by atoms with Crippen molar-refractivity contribution in [3.05, 3.63) is 59.4 Å². The third kappa shape index (κ3) is 2.98. The lowest BCUT2D eigenvalue weighted by Gasteiger charge is -2.01. The molecule has 3 heteroatoms. The average Bonchev–Trinajstić information content (AvgIpc) is 2.25. The molecule has 2 rings (SSSR count). The highest BCUT2D eigenvalue weighted by Crippen LogP contribution is 2.28. The Morgan fingerprint density at radius 3 is 1.80 bits per heavy atom. The van der Waals surface area contributed by atoms with Gasteiger partial charge in [0.2, 0.25) is 0 Å². The first-order valence-electron chi connectivity index (χ1n) is 4.43. The van der Waals surface area contributed by atoms with Crippen molar-refractivity contribution in [2.45, 2.75) is 9.79 Å². The Morgan fingerprint density at radius 2 is 1.27 bits per heavy atom. The monoisotopic (exact) mass is 238 g/mol. The number of benzene rings is 2. The molecule has 0 spiro atoms. The van der Waals surface area contributed by atoms with Crippen LogP contribution in [0, 0.1) is 5.82 Å². The molecule has 15 heavy (non-hydrogen) atoms. The first-order valence-corrected chi connectivity index (χ1v) is 5.62. The molecule has 0 aliphatic heterocycles. The van der Waals surface area contributed by atoms with Crippen molar-refractivity contribution < 1.29 is 4.39 Å². The third-order valence-corrected chi connectivity index (χ3v) is 3.13. The van der Waals surface area contributed by atoms with Crippen LogP contribution in [0.15, 0.2) is 58.3 Å². The summed E-state index contributed by atoms with van der Waals surface area (Å²) in [6.07, 6.45) is 0. The van der Waals surface area contributed by atoms with Gasteiger partial charge in [-0.05, 0) is 48.5 Å². The zero-order valence-electron chi connectivity index (χ0n) is 7.78. The van der Waals surface area contributed by atoms with E-state index in [2.05, 4.69) is 0 Å². The molecule has 0 unspecified atom stereocenters. The van der Waals surface area contributed by atoms with E-state index in [-0.39, 0.29) is 5.82 Å². The summed E-state index contributed by atoms with van der Waals surface area (Å²) in [7, 11) is 0. The van der Waals surface area contributed by atoms with Crippen molar-refractivity contribution >= 4 is 23.4 Å². The van der Waals surface area contributed by atoms with Crippen LogP contribution in [0.1, 0.15) is 0 Å². The molecule has 0 bridgehead atoms. The zero-order valence-corrected chi connectivity index (χ0v) is 9.36. The number of rotatable bonds is 2. The van der Waals surface area contributed by atoms with Crippen LogP contribution in [-0.2, 0) is 0 Å². The predicted octanol–water partition coefficient (Wildman–Crippen LogP) is 4.63. The molecule has 0 nitrogen and oxygen atoms in total. The smallest absolute Gasteiger partial charge is 0.123 e. The van der Waals surface area contributed by atoms with Gasteiger partial charge in [-0.15, -0.1) is 0 Å². The van der Waals surface area contributed by atoms with E-state index in [0.29, 0.717) is 0 Å². The largest absolute Gasteiger partial charge is 0.207 e. The van der Waals surface area contributed by atoms with Gasteiger partial charge in [0.05, 0.1) is 0 Å². The van der Waals surface area contributed by atoms with Gasteiger partial charge >= 0.3 is 0 Å². The Balaban J connectivity index is 2.15. The van der Waals surface area contributed by atoms with Gasteiger partial charge in [0.1, 0.15) is 5.82 Å². The van der Waals surface area contributed by atoms with Crippen molar-refractivity contribution in [2.24, 2.45) is 0 Å². The minimum Gasteiger partial charge on any atom is -0.207 e. The Hall–Kier alpha value is -0.990. The van der Waals surface area contributed by atoms with Gasteiger partial charge < -0.3 is 0 Å². The van der Waals surface area contributed by atoms with Gasteiger partial charge in [0.15, 0.2) is 0 Å². The van der Waals surface area contributed by atoms with Crippen LogP contribution >= 0.6 is 23.4 Å². The first-order chi connectivity index (χ1) is 7.24. The van der Waals surface area contributed by atoms with Crippen molar-refractivity contribution in [1.29, 1.82) is 0 Å². The van der Waals surface area contributed by atoms with Crippen LogP contribution in [0.25, 0.3) is 0 Å². The van der Waals surface area contributed by atoms with E-state index in [0.717, 1.165) is 14.8 Å². The molecule has 0 atom stereocenters. The van der Waals surface area contributed by atoms with Crippen molar-refractivity contribution in [3.8, 4) is 0 Å². The summed E-state index contributed by atoms with van der Waals surface area (Å²) in [5, 5.41) is 0.721. The van der Waals surface area contributed by atoms with Gasteiger partial charge in [-0.2, -0.15) is 0 Å². The molecule has 0 N–H and O–H groups in total. The topological polar surface area (TPSA) is 0 Å². The molecule has 0 fully saturated rings. The maximum absolute atomic E-state index is 12.7. The van der Waals surface area contributed by atoms with E-state index in [9.17, 15) is 4.39 Å². The quantitative estimate of drug-likeness (QED) is 0.735. The summed E-state index contributed by atoms with van der Waals surface area (Å²) >= 11 is 7.36. The fourth-order valence-electron chi connectivity index (χ4n) is 1.14. The highest BCUT2D eigenvalue weighted by atomic mass is 35.5. The number of hydrogen-bond donors (Lipinski definition) is 0. The molecule has 0 radical (unpaired) electrons. The van der Waals surface area contributed by atoms with Crippen LogP contribution < -0.4 is 0 Å². The van der Waals surface area contributed by atoms with Crippen molar-refractivity contribution in [2.75, 3.05) is 0 Å². The standard InChI is InChI=1S/C12H8ClFS/c13-9-1-5-11(6-2-9)15-12-7-3-10(14)4-8-12/h1-8H. The highest BCUT2D eigenvalue weighted by Gasteiger charge is 1.97. The molecular formula is C12H8ClFS. The van der Waals surface area contributed by atoms with Gasteiger partial charge in [-0.3, -0.25) is 0 Å². The molecule has 0 aliphatic rings. The Kier molecular flexibility index (Phi) is 3.29.